The van der Waals surface area contributed by atoms with Crippen LogP contribution in [0.15, 0.2) is 28.2 Å². The Morgan fingerprint density at radius 3 is 2.91 bits per heavy atom. The monoisotopic (exact) mass is 208 g/mol. The minimum atomic E-state index is 1.12. The summed E-state index contributed by atoms with van der Waals surface area (Å²) in [7, 11) is 0. The molecule has 0 aliphatic heterocycles. The van der Waals surface area contributed by atoms with Gasteiger partial charge in [0.25, 0.3) is 0 Å². The van der Waals surface area contributed by atoms with Crippen molar-refractivity contribution < 1.29 is 0 Å². The summed E-state index contributed by atoms with van der Waals surface area (Å²) in [5, 5.41) is 0. The van der Waals surface area contributed by atoms with Crippen molar-refractivity contribution in [1.29, 1.82) is 0 Å². The summed E-state index contributed by atoms with van der Waals surface area (Å²) < 4.78 is 1.21. The van der Waals surface area contributed by atoms with Crippen LogP contribution in [0.25, 0.3) is 6.08 Å². The zero-order valence-corrected chi connectivity index (χ0v) is 7.98. The van der Waals surface area contributed by atoms with E-state index < -0.39 is 0 Å². The van der Waals surface area contributed by atoms with Crippen molar-refractivity contribution in [1.82, 2.24) is 0 Å². The van der Waals surface area contributed by atoms with Crippen molar-refractivity contribution in [2.75, 3.05) is 0 Å². The fraction of sp³-hybridized carbons (Fsp3) is 0.200. The molecule has 0 nitrogen and oxygen atoms in total. The molecule has 1 heteroatoms. The standard InChI is InChI=1S/C10H9Br/c1-7-5-8-3-2-4-10(11)9(8)6-7/h2-4,6H,5H2,1H3. The highest BCUT2D eigenvalue weighted by Crippen LogP contribution is 2.30. The fourth-order valence-electron chi connectivity index (χ4n) is 1.50. The summed E-state index contributed by atoms with van der Waals surface area (Å²) in [4.78, 5) is 0. The summed E-state index contributed by atoms with van der Waals surface area (Å²) in [5.41, 5.74) is 4.26. The third-order valence-electron chi connectivity index (χ3n) is 2.00. The average molecular weight is 209 g/mol. The van der Waals surface area contributed by atoms with Crippen LogP contribution in [-0.4, -0.2) is 0 Å². The van der Waals surface area contributed by atoms with Gasteiger partial charge in [0.2, 0.25) is 0 Å². The van der Waals surface area contributed by atoms with Crippen molar-refractivity contribution in [3.05, 3.63) is 39.4 Å². The molecular formula is C10H9Br. The highest BCUT2D eigenvalue weighted by Gasteiger charge is 2.10. The molecule has 0 spiro atoms. The maximum atomic E-state index is 3.53. The van der Waals surface area contributed by atoms with Crippen LogP contribution >= 0.6 is 15.9 Å². The molecule has 0 saturated carbocycles. The first kappa shape index (κ1) is 7.11. The van der Waals surface area contributed by atoms with Gasteiger partial charge < -0.3 is 0 Å². The maximum Gasteiger partial charge on any atom is 0.0250 e. The van der Waals surface area contributed by atoms with Gasteiger partial charge in [-0.3, -0.25) is 0 Å². The SMILES string of the molecule is CC1=Cc2c(Br)cccc2C1. The van der Waals surface area contributed by atoms with E-state index in [9.17, 15) is 0 Å². The molecule has 2 rings (SSSR count). The van der Waals surface area contributed by atoms with E-state index in [1.54, 1.807) is 0 Å². The van der Waals surface area contributed by atoms with Crippen molar-refractivity contribution >= 4 is 22.0 Å². The first-order valence-electron chi connectivity index (χ1n) is 3.72. The van der Waals surface area contributed by atoms with Gasteiger partial charge in [0.05, 0.1) is 0 Å². The quantitative estimate of drug-likeness (QED) is 0.614. The molecule has 1 aromatic rings. The molecule has 0 bridgehead atoms. The smallest absolute Gasteiger partial charge is 0.0250 e. The molecular weight excluding hydrogens is 200 g/mol. The molecule has 0 saturated heterocycles. The van der Waals surface area contributed by atoms with E-state index in [1.807, 2.05) is 0 Å². The molecule has 0 aromatic heterocycles. The summed E-state index contributed by atoms with van der Waals surface area (Å²) in [6, 6.07) is 6.37. The normalized spacial score (nSPS) is 14.5. The van der Waals surface area contributed by atoms with Gasteiger partial charge in [-0.2, -0.15) is 0 Å². The Bertz CT molecular complexity index is 324. The Morgan fingerprint density at radius 1 is 1.36 bits per heavy atom. The number of rotatable bonds is 0. The fourth-order valence-corrected chi connectivity index (χ4v) is 2.02. The van der Waals surface area contributed by atoms with E-state index in [0.717, 1.165) is 6.42 Å². The number of hydrogen-bond acceptors (Lipinski definition) is 0. The van der Waals surface area contributed by atoms with Gasteiger partial charge >= 0.3 is 0 Å². The van der Waals surface area contributed by atoms with Crippen LogP contribution in [0, 0.1) is 0 Å². The van der Waals surface area contributed by atoms with Crippen LogP contribution in [0.2, 0.25) is 0 Å². The first-order chi connectivity index (χ1) is 5.27. The van der Waals surface area contributed by atoms with E-state index >= 15 is 0 Å². The summed E-state index contributed by atoms with van der Waals surface area (Å²) in [5.74, 6) is 0. The van der Waals surface area contributed by atoms with Gasteiger partial charge in [0, 0.05) is 4.47 Å². The van der Waals surface area contributed by atoms with Crippen molar-refractivity contribution in [2.24, 2.45) is 0 Å². The highest BCUT2D eigenvalue weighted by atomic mass is 79.9. The molecule has 0 radical (unpaired) electrons. The van der Waals surface area contributed by atoms with Crippen LogP contribution in [-0.2, 0) is 6.42 Å². The van der Waals surface area contributed by atoms with Gasteiger partial charge in [0.1, 0.15) is 0 Å². The lowest BCUT2D eigenvalue weighted by molar-refractivity contribution is 1.19. The second-order valence-electron chi connectivity index (χ2n) is 2.98. The molecule has 0 unspecified atom stereocenters. The van der Waals surface area contributed by atoms with Gasteiger partial charge in [0.15, 0.2) is 0 Å². The number of fused-ring (bicyclic) bond motifs is 1. The highest BCUT2D eigenvalue weighted by molar-refractivity contribution is 9.10. The Balaban J connectivity index is 2.61. The predicted molar refractivity (Wildman–Crippen MR) is 51.5 cm³/mol. The number of benzene rings is 1. The van der Waals surface area contributed by atoms with Crippen LogP contribution in [0.1, 0.15) is 18.1 Å². The largest absolute Gasteiger partial charge is 0.0683 e. The lowest BCUT2D eigenvalue weighted by Crippen LogP contribution is -1.81. The number of allylic oxidation sites excluding steroid dienone is 1. The summed E-state index contributed by atoms with van der Waals surface area (Å²) in [6.07, 6.45) is 3.37. The second-order valence-corrected chi connectivity index (χ2v) is 3.83. The summed E-state index contributed by atoms with van der Waals surface area (Å²) in [6.45, 7) is 2.17. The maximum absolute atomic E-state index is 3.53. The molecule has 11 heavy (non-hydrogen) atoms. The van der Waals surface area contributed by atoms with Gasteiger partial charge in [-0.05, 0) is 30.5 Å². The van der Waals surface area contributed by atoms with Crippen LogP contribution in [0.5, 0.6) is 0 Å². The molecule has 0 N–H and O–H groups in total. The molecule has 0 fully saturated rings. The Labute approximate surface area is 75.1 Å². The zero-order chi connectivity index (χ0) is 7.84. The molecule has 1 aromatic carbocycles. The van der Waals surface area contributed by atoms with E-state index in [4.69, 9.17) is 0 Å². The molecule has 1 aliphatic rings. The van der Waals surface area contributed by atoms with Crippen molar-refractivity contribution in [3.8, 4) is 0 Å². The topological polar surface area (TPSA) is 0 Å². The summed E-state index contributed by atoms with van der Waals surface area (Å²) >= 11 is 3.53. The Hall–Kier alpha value is -0.560. The molecule has 0 atom stereocenters. The van der Waals surface area contributed by atoms with E-state index in [1.165, 1.54) is 21.2 Å². The van der Waals surface area contributed by atoms with Crippen LogP contribution in [0.3, 0.4) is 0 Å². The first-order valence-corrected chi connectivity index (χ1v) is 4.51. The lowest BCUT2D eigenvalue weighted by atomic mass is 10.1. The van der Waals surface area contributed by atoms with Gasteiger partial charge in [-0.25, -0.2) is 0 Å². The molecule has 1 aliphatic carbocycles. The van der Waals surface area contributed by atoms with E-state index in [2.05, 4.69) is 47.1 Å². The number of hydrogen-bond donors (Lipinski definition) is 0. The third-order valence-corrected chi connectivity index (χ3v) is 2.69. The lowest BCUT2D eigenvalue weighted by Gasteiger charge is -1.98. The van der Waals surface area contributed by atoms with Crippen molar-refractivity contribution in [2.45, 2.75) is 13.3 Å². The number of halogens is 1. The molecule has 0 amide bonds. The minimum absolute atomic E-state index is 1.12. The van der Waals surface area contributed by atoms with Gasteiger partial charge in [-0.15, -0.1) is 0 Å². The van der Waals surface area contributed by atoms with Crippen LogP contribution in [0.4, 0.5) is 0 Å². The zero-order valence-electron chi connectivity index (χ0n) is 6.39. The Morgan fingerprint density at radius 2 is 2.18 bits per heavy atom. The van der Waals surface area contributed by atoms with E-state index in [0.29, 0.717) is 0 Å². The predicted octanol–water partition coefficient (Wildman–Crippen LogP) is 3.41. The third kappa shape index (κ3) is 1.14. The van der Waals surface area contributed by atoms with E-state index in [-0.39, 0.29) is 0 Å². The van der Waals surface area contributed by atoms with Crippen LogP contribution < -0.4 is 0 Å². The molecule has 56 valence electrons. The average Bonchev–Trinajstić information content (AvgIpc) is 2.31. The van der Waals surface area contributed by atoms with Gasteiger partial charge in [-0.1, -0.05) is 39.7 Å². The minimum Gasteiger partial charge on any atom is -0.0683 e. The van der Waals surface area contributed by atoms with Crippen molar-refractivity contribution in [3.63, 3.8) is 0 Å². The Kier molecular flexibility index (Phi) is 1.61. The second kappa shape index (κ2) is 2.49. The molecule has 0 heterocycles.